The summed E-state index contributed by atoms with van der Waals surface area (Å²) < 4.78 is 55.6. The van der Waals surface area contributed by atoms with E-state index in [1.54, 1.807) is 6.07 Å². The molecule has 0 saturated carbocycles. The molecule has 3 aromatic rings. The number of thiazole rings is 1. The van der Waals surface area contributed by atoms with E-state index in [1.165, 1.54) is 52.6 Å². The standard InChI is InChI=1S/C22H23ClN2O6S3/c1-33(27,28)18-8-9-19-20(13-18)32-22(24-19)25(14-16-3-2-11-31-16)21(26)10-12-34(29,30)17-6-4-15(23)5-7-17/h4-9,13,16H,2-3,10-12,14H2,1H3. The van der Waals surface area contributed by atoms with Crippen molar-refractivity contribution in [2.45, 2.75) is 35.2 Å². The molecule has 1 fully saturated rings. The van der Waals surface area contributed by atoms with Crippen LogP contribution in [-0.4, -0.2) is 59.0 Å². The molecule has 2 heterocycles. The fourth-order valence-corrected chi connectivity index (χ4v) is 6.74. The first-order chi connectivity index (χ1) is 16.0. The second-order valence-electron chi connectivity index (χ2n) is 8.06. The SMILES string of the molecule is CS(=O)(=O)c1ccc2nc(N(CC3CCCO3)C(=O)CCS(=O)(=O)c3ccc(Cl)cc3)sc2c1. The molecule has 12 heteroatoms. The van der Waals surface area contributed by atoms with E-state index in [4.69, 9.17) is 16.3 Å². The maximum Gasteiger partial charge on any atom is 0.229 e. The number of aromatic nitrogens is 1. The molecular formula is C22H23ClN2O6S3. The van der Waals surface area contributed by atoms with E-state index >= 15 is 0 Å². The predicted octanol–water partition coefficient (Wildman–Crippen LogP) is 3.73. The first-order valence-electron chi connectivity index (χ1n) is 10.5. The second kappa shape index (κ2) is 9.90. The van der Waals surface area contributed by atoms with Crippen LogP contribution in [0.3, 0.4) is 0 Å². The number of rotatable bonds is 8. The zero-order chi connectivity index (χ0) is 24.5. The van der Waals surface area contributed by atoms with Gasteiger partial charge in [-0.05, 0) is 55.3 Å². The summed E-state index contributed by atoms with van der Waals surface area (Å²) in [6, 6.07) is 10.4. The number of ether oxygens (including phenoxy) is 1. The fourth-order valence-electron chi connectivity index (χ4n) is 3.63. The average molecular weight is 543 g/mol. The summed E-state index contributed by atoms with van der Waals surface area (Å²) in [5.74, 6) is -0.756. The van der Waals surface area contributed by atoms with Crippen LogP contribution < -0.4 is 4.90 Å². The third-order valence-corrected chi connectivity index (χ3v) is 9.61. The summed E-state index contributed by atoms with van der Waals surface area (Å²) in [6.45, 7) is 0.855. The van der Waals surface area contributed by atoms with Crippen molar-refractivity contribution < 1.29 is 26.4 Å². The summed E-state index contributed by atoms with van der Waals surface area (Å²) in [4.78, 5) is 19.5. The number of benzene rings is 2. The van der Waals surface area contributed by atoms with Crippen molar-refractivity contribution >= 4 is 63.9 Å². The van der Waals surface area contributed by atoms with Gasteiger partial charge in [-0.25, -0.2) is 21.8 Å². The largest absolute Gasteiger partial charge is 0.376 e. The Bertz CT molecular complexity index is 1410. The van der Waals surface area contributed by atoms with E-state index in [9.17, 15) is 21.6 Å². The van der Waals surface area contributed by atoms with Crippen molar-refractivity contribution in [3.63, 3.8) is 0 Å². The lowest BCUT2D eigenvalue weighted by Crippen LogP contribution is -2.38. The number of hydrogen-bond acceptors (Lipinski definition) is 8. The van der Waals surface area contributed by atoms with E-state index in [2.05, 4.69) is 4.98 Å². The molecule has 0 radical (unpaired) electrons. The van der Waals surface area contributed by atoms with Gasteiger partial charge < -0.3 is 4.74 Å². The maximum atomic E-state index is 13.2. The minimum absolute atomic E-state index is 0.101. The van der Waals surface area contributed by atoms with Gasteiger partial charge in [0.05, 0.1) is 38.4 Å². The first-order valence-corrected chi connectivity index (χ1v) is 15.3. The highest BCUT2D eigenvalue weighted by molar-refractivity contribution is 7.91. The number of anilines is 1. The number of fused-ring (bicyclic) bond motifs is 1. The van der Waals surface area contributed by atoms with Crippen molar-refractivity contribution in [2.24, 2.45) is 0 Å². The Kier molecular flexibility index (Phi) is 7.30. The number of hydrogen-bond donors (Lipinski definition) is 0. The van der Waals surface area contributed by atoms with E-state index in [-0.39, 0.29) is 34.6 Å². The molecule has 1 atom stereocenters. The van der Waals surface area contributed by atoms with Crippen molar-refractivity contribution in [3.8, 4) is 0 Å². The van der Waals surface area contributed by atoms with Crippen LogP contribution >= 0.6 is 22.9 Å². The molecule has 34 heavy (non-hydrogen) atoms. The molecule has 1 aliphatic rings. The molecular weight excluding hydrogens is 520 g/mol. The molecule has 0 spiro atoms. The van der Waals surface area contributed by atoms with Gasteiger partial charge in [-0.2, -0.15) is 0 Å². The zero-order valence-electron chi connectivity index (χ0n) is 18.3. The Morgan fingerprint density at radius 3 is 2.50 bits per heavy atom. The number of sulfone groups is 2. The van der Waals surface area contributed by atoms with Crippen molar-refractivity contribution in [1.29, 1.82) is 0 Å². The third-order valence-electron chi connectivity index (χ3n) is 5.48. The summed E-state index contributed by atoms with van der Waals surface area (Å²) >= 11 is 7.03. The molecule has 4 rings (SSSR count). The number of carbonyl (C=O) groups is 1. The van der Waals surface area contributed by atoms with E-state index < -0.39 is 25.6 Å². The van der Waals surface area contributed by atoms with Crippen LogP contribution in [0.2, 0.25) is 5.02 Å². The average Bonchev–Trinajstić information content (AvgIpc) is 3.44. The number of halogens is 1. The number of carbonyl (C=O) groups excluding carboxylic acids is 1. The molecule has 1 amide bonds. The second-order valence-corrected chi connectivity index (χ2v) is 13.6. The fraction of sp³-hybridized carbons (Fsp3) is 0.364. The van der Waals surface area contributed by atoms with Gasteiger partial charge in [0.15, 0.2) is 24.8 Å². The highest BCUT2D eigenvalue weighted by Gasteiger charge is 2.28. The van der Waals surface area contributed by atoms with Gasteiger partial charge in [0.2, 0.25) is 5.91 Å². The third kappa shape index (κ3) is 5.77. The van der Waals surface area contributed by atoms with Gasteiger partial charge in [0, 0.05) is 24.3 Å². The Balaban J connectivity index is 1.59. The molecule has 8 nitrogen and oxygen atoms in total. The Morgan fingerprint density at radius 1 is 1.15 bits per heavy atom. The lowest BCUT2D eigenvalue weighted by Gasteiger charge is -2.23. The molecule has 1 aliphatic heterocycles. The molecule has 1 saturated heterocycles. The van der Waals surface area contributed by atoms with E-state index in [1.807, 2.05) is 0 Å². The minimum atomic E-state index is -3.68. The van der Waals surface area contributed by atoms with Crippen LogP contribution in [0.5, 0.6) is 0 Å². The highest BCUT2D eigenvalue weighted by atomic mass is 35.5. The van der Waals surface area contributed by atoms with Gasteiger partial charge in [0.25, 0.3) is 0 Å². The molecule has 1 aromatic heterocycles. The van der Waals surface area contributed by atoms with E-state index in [0.29, 0.717) is 27.0 Å². The van der Waals surface area contributed by atoms with Crippen LogP contribution in [0.25, 0.3) is 10.2 Å². The lowest BCUT2D eigenvalue weighted by molar-refractivity contribution is -0.118. The van der Waals surface area contributed by atoms with Crippen LogP contribution in [0.15, 0.2) is 52.3 Å². The topological polar surface area (TPSA) is 111 Å². The first kappa shape index (κ1) is 25.1. The summed E-state index contributed by atoms with van der Waals surface area (Å²) in [5.41, 5.74) is 0.561. The van der Waals surface area contributed by atoms with Crippen molar-refractivity contribution in [2.75, 3.05) is 30.1 Å². The monoisotopic (exact) mass is 542 g/mol. The highest BCUT2D eigenvalue weighted by Crippen LogP contribution is 2.32. The normalized spacial score (nSPS) is 16.7. The van der Waals surface area contributed by atoms with Crippen molar-refractivity contribution in [1.82, 2.24) is 4.98 Å². The van der Waals surface area contributed by atoms with Crippen LogP contribution in [-0.2, 0) is 29.2 Å². The minimum Gasteiger partial charge on any atom is -0.376 e. The van der Waals surface area contributed by atoms with Crippen molar-refractivity contribution in [3.05, 3.63) is 47.5 Å². The number of amides is 1. The van der Waals surface area contributed by atoms with Gasteiger partial charge >= 0.3 is 0 Å². The van der Waals surface area contributed by atoms with Gasteiger partial charge in [0.1, 0.15) is 0 Å². The number of nitrogens with zero attached hydrogens (tertiary/aromatic N) is 2. The van der Waals surface area contributed by atoms with E-state index in [0.717, 1.165) is 19.1 Å². The zero-order valence-corrected chi connectivity index (χ0v) is 21.5. The molecule has 1 unspecified atom stereocenters. The quantitative estimate of drug-likeness (QED) is 0.426. The predicted molar refractivity (Wildman–Crippen MR) is 132 cm³/mol. The van der Waals surface area contributed by atoms with Gasteiger partial charge in [-0.15, -0.1) is 0 Å². The van der Waals surface area contributed by atoms with Crippen LogP contribution in [0.4, 0.5) is 5.13 Å². The Morgan fingerprint density at radius 2 is 1.85 bits per heavy atom. The lowest BCUT2D eigenvalue weighted by atomic mass is 10.2. The maximum absolute atomic E-state index is 13.2. The van der Waals surface area contributed by atoms with Gasteiger partial charge in [-0.1, -0.05) is 22.9 Å². The van der Waals surface area contributed by atoms with Crippen LogP contribution in [0.1, 0.15) is 19.3 Å². The summed E-state index contributed by atoms with van der Waals surface area (Å²) in [5, 5.41) is 0.803. The molecule has 0 aliphatic carbocycles. The molecule has 0 N–H and O–H groups in total. The Labute approximate surface area is 207 Å². The van der Waals surface area contributed by atoms with Gasteiger partial charge in [-0.3, -0.25) is 9.69 Å². The molecule has 182 valence electrons. The smallest absolute Gasteiger partial charge is 0.229 e. The Hall–Kier alpha value is -2.05. The molecule has 2 aromatic carbocycles. The molecule has 0 bridgehead atoms. The summed E-state index contributed by atoms with van der Waals surface area (Å²) in [7, 11) is -7.07. The summed E-state index contributed by atoms with van der Waals surface area (Å²) in [6.07, 6.45) is 2.40. The van der Waals surface area contributed by atoms with Crippen LogP contribution in [0, 0.1) is 0 Å².